The number of aryl methyl sites for hydroxylation is 2. The van der Waals surface area contributed by atoms with Gasteiger partial charge in [0.15, 0.2) is 34.7 Å². The van der Waals surface area contributed by atoms with Crippen molar-refractivity contribution in [3.8, 4) is 11.4 Å². The molecule has 5 rings (SSSR count). The molecule has 0 saturated heterocycles. The molecule has 3 heterocycles. The Hall–Kier alpha value is -3.92. The summed E-state index contributed by atoms with van der Waals surface area (Å²) >= 11 is 0. The maximum absolute atomic E-state index is 14.1. The van der Waals surface area contributed by atoms with Crippen LogP contribution in [-0.4, -0.2) is 38.5 Å². The van der Waals surface area contributed by atoms with Crippen LogP contribution in [0.4, 0.5) is 13.2 Å². The summed E-state index contributed by atoms with van der Waals surface area (Å²) in [5, 5.41) is 4.54. The van der Waals surface area contributed by atoms with Crippen molar-refractivity contribution in [3.63, 3.8) is 0 Å². The van der Waals surface area contributed by atoms with Gasteiger partial charge in [-0.2, -0.15) is 5.10 Å². The number of imidazole rings is 1. The number of halogens is 3. The molecule has 0 N–H and O–H groups in total. The molecule has 1 aliphatic heterocycles. The minimum absolute atomic E-state index is 0.153. The van der Waals surface area contributed by atoms with Crippen molar-refractivity contribution in [1.29, 1.82) is 0 Å². The van der Waals surface area contributed by atoms with Gasteiger partial charge in [-0.1, -0.05) is 12.1 Å². The van der Waals surface area contributed by atoms with Crippen LogP contribution in [0.1, 0.15) is 41.3 Å². The maximum atomic E-state index is 14.1. The van der Waals surface area contributed by atoms with E-state index in [4.69, 9.17) is 9.47 Å². The summed E-state index contributed by atoms with van der Waals surface area (Å²) in [6.07, 6.45) is 8.28. The molecule has 186 valence electrons. The number of hydrogen-bond acceptors (Lipinski definition) is 5. The van der Waals surface area contributed by atoms with Gasteiger partial charge in [0.25, 0.3) is 0 Å². The Kier molecular flexibility index (Phi) is 6.13. The first-order valence-corrected chi connectivity index (χ1v) is 11.4. The van der Waals surface area contributed by atoms with Crippen LogP contribution in [0.5, 0.6) is 5.75 Å². The maximum Gasteiger partial charge on any atom is 0.194 e. The summed E-state index contributed by atoms with van der Waals surface area (Å²) in [6, 6.07) is 7.66. The molecule has 0 fully saturated rings. The monoisotopic (exact) mass is 495 g/mol. The van der Waals surface area contributed by atoms with Gasteiger partial charge >= 0.3 is 0 Å². The molecule has 2 aromatic heterocycles. The van der Waals surface area contributed by atoms with Crippen molar-refractivity contribution >= 4 is 12.2 Å². The highest BCUT2D eigenvalue weighted by Crippen LogP contribution is 2.40. The molecule has 0 saturated carbocycles. The Morgan fingerprint density at radius 3 is 2.50 bits per heavy atom. The number of aromatic nitrogens is 5. The normalized spacial score (nSPS) is 17.5. The zero-order valence-electron chi connectivity index (χ0n) is 20.0. The van der Waals surface area contributed by atoms with E-state index >= 15 is 0 Å². The van der Waals surface area contributed by atoms with Gasteiger partial charge in [0.1, 0.15) is 5.75 Å². The lowest BCUT2D eigenvalue weighted by Crippen LogP contribution is -2.38. The van der Waals surface area contributed by atoms with Gasteiger partial charge in [-0.3, -0.25) is 0 Å². The van der Waals surface area contributed by atoms with Crippen LogP contribution < -0.4 is 4.74 Å². The Morgan fingerprint density at radius 1 is 1.06 bits per heavy atom. The summed E-state index contributed by atoms with van der Waals surface area (Å²) in [4.78, 5) is 8.87. The van der Waals surface area contributed by atoms with E-state index in [-0.39, 0.29) is 5.56 Å². The second kappa shape index (κ2) is 9.27. The molecule has 0 radical (unpaired) electrons. The van der Waals surface area contributed by atoms with Crippen LogP contribution in [0.15, 0.2) is 42.9 Å². The van der Waals surface area contributed by atoms with E-state index in [1.54, 1.807) is 24.2 Å². The highest BCUT2D eigenvalue weighted by Gasteiger charge is 2.43. The minimum atomic E-state index is -1.52. The Labute approximate surface area is 205 Å². The number of hydrogen-bond donors (Lipinski definition) is 0. The minimum Gasteiger partial charge on any atom is -0.495 e. The van der Waals surface area contributed by atoms with Crippen LogP contribution in [0, 0.1) is 24.4 Å². The largest absolute Gasteiger partial charge is 0.495 e. The SMILES string of the molecule is COc1cc(C=Cc2nc3n(n2)CCC[C@]3(OC)c2cc(F)c(F)c(F)c2)ccc1-n1cnc(C)c1. The van der Waals surface area contributed by atoms with Crippen molar-refractivity contribution in [3.05, 3.63) is 88.8 Å². The summed E-state index contributed by atoms with van der Waals surface area (Å²) in [7, 11) is 3.04. The lowest BCUT2D eigenvalue weighted by molar-refractivity contribution is -0.0101. The molecule has 0 amide bonds. The third-order valence-electron chi connectivity index (χ3n) is 6.37. The molecule has 4 aromatic rings. The van der Waals surface area contributed by atoms with Crippen molar-refractivity contribution in [2.24, 2.45) is 0 Å². The van der Waals surface area contributed by atoms with E-state index in [9.17, 15) is 13.2 Å². The summed E-state index contributed by atoms with van der Waals surface area (Å²) in [5.74, 6) is -2.59. The number of methoxy groups -OCH3 is 2. The van der Waals surface area contributed by atoms with Crippen molar-refractivity contribution < 1.29 is 22.6 Å². The van der Waals surface area contributed by atoms with Gasteiger partial charge in [-0.05, 0) is 61.2 Å². The molecule has 0 spiro atoms. The molecule has 2 aromatic carbocycles. The third-order valence-corrected chi connectivity index (χ3v) is 6.37. The number of benzene rings is 2. The van der Waals surface area contributed by atoms with Crippen molar-refractivity contribution in [2.45, 2.75) is 31.9 Å². The topological polar surface area (TPSA) is 67.0 Å². The fourth-order valence-electron chi connectivity index (χ4n) is 4.58. The smallest absolute Gasteiger partial charge is 0.194 e. The fourth-order valence-corrected chi connectivity index (χ4v) is 4.58. The second-order valence-corrected chi connectivity index (χ2v) is 8.59. The lowest BCUT2D eigenvalue weighted by Gasteiger charge is -2.35. The van der Waals surface area contributed by atoms with Gasteiger partial charge in [-0.15, -0.1) is 0 Å². The zero-order chi connectivity index (χ0) is 25.4. The summed E-state index contributed by atoms with van der Waals surface area (Å²) in [5.41, 5.74) is 1.52. The molecular weight excluding hydrogens is 471 g/mol. The van der Waals surface area contributed by atoms with Crippen LogP contribution in [-0.2, 0) is 16.9 Å². The number of rotatable bonds is 6. The van der Waals surface area contributed by atoms with E-state index in [1.807, 2.05) is 42.0 Å². The average molecular weight is 496 g/mol. The first-order chi connectivity index (χ1) is 17.3. The highest BCUT2D eigenvalue weighted by atomic mass is 19.2. The van der Waals surface area contributed by atoms with Gasteiger partial charge in [-0.25, -0.2) is 27.8 Å². The molecule has 1 atom stereocenters. The predicted octanol–water partition coefficient (Wildman–Crippen LogP) is 5.05. The third kappa shape index (κ3) is 4.07. The van der Waals surface area contributed by atoms with Gasteiger partial charge in [0.2, 0.25) is 0 Å². The summed E-state index contributed by atoms with van der Waals surface area (Å²) in [6.45, 7) is 2.49. The molecule has 0 unspecified atom stereocenters. The number of ether oxygens (including phenoxy) is 2. The number of fused-ring (bicyclic) bond motifs is 1. The average Bonchev–Trinajstić information content (AvgIpc) is 3.51. The molecule has 0 aliphatic carbocycles. The highest BCUT2D eigenvalue weighted by molar-refractivity contribution is 5.69. The van der Waals surface area contributed by atoms with Crippen LogP contribution >= 0.6 is 0 Å². The summed E-state index contributed by atoms with van der Waals surface area (Å²) < 4.78 is 56.6. The van der Waals surface area contributed by atoms with Gasteiger partial charge < -0.3 is 14.0 Å². The second-order valence-electron chi connectivity index (χ2n) is 8.59. The van der Waals surface area contributed by atoms with Crippen molar-refractivity contribution in [2.75, 3.05) is 14.2 Å². The Morgan fingerprint density at radius 2 is 1.83 bits per heavy atom. The van der Waals surface area contributed by atoms with Crippen LogP contribution in [0.25, 0.3) is 17.8 Å². The van der Waals surface area contributed by atoms with Crippen molar-refractivity contribution in [1.82, 2.24) is 24.3 Å². The Bertz CT molecular complexity index is 1440. The molecular formula is C26H24F3N5O2. The molecule has 0 bridgehead atoms. The first kappa shape index (κ1) is 23.8. The molecule has 10 heteroatoms. The number of nitrogens with zero attached hydrogens (tertiary/aromatic N) is 5. The fraction of sp³-hybridized carbons (Fsp3) is 0.269. The first-order valence-electron chi connectivity index (χ1n) is 11.4. The van der Waals surface area contributed by atoms with Gasteiger partial charge in [0, 0.05) is 19.9 Å². The predicted molar refractivity (Wildman–Crippen MR) is 127 cm³/mol. The van der Waals surface area contributed by atoms with E-state index in [0.29, 0.717) is 36.8 Å². The van der Waals surface area contributed by atoms with E-state index < -0.39 is 23.1 Å². The Balaban J connectivity index is 1.48. The lowest BCUT2D eigenvalue weighted by atomic mass is 9.85. The van der Waals surface area contributed by atoms with E-state index in [2.05, 4.69) is 15.1 Å². The molecule has 7 nitrogen and oxygen atoms in total. The molecule has 1 aliphatic rings. The molecule has 36 heavy (non-hydrogen) atoms. The zero-order valence-corrected chi connectivity index (χ0v) is 20.0. The standard InChI is InChI=1S/C26H24F3N5O2/c1-16-14-33(15-30-16)21-7-5-17(11-22(21)35-2)6-8-23-31-25-26(36-3,9-4-10-34(25)32-23)18-12-19(27)24(29)20(28)13-18/h5-8,11-15H,4,9-10H2,1-3H3/t26-/m0/s1. The quantitative estimate of drug-likeness (QED) is 0.350. The van der Waals surface area contributed by atoms with Gasteiger partial charge in [0.05, 0.1) is 24.8 Å². The van der Waals surface area contributed by atoms with E-state index in [1.165, 1.54) is 7.11 Å². The van der Waals surface area contributed by atoms with E-state index in [0.717, 1.165) is 29.1 Å². The van der Waals surface area contributed by atoms with Crippen LogP contribution in [0.3, 0.4) is 0 Å². The van der Waals surface area contributed by atoms with Crippen LogP contribution in [0.2, 0.25) is 0 Å².